The van der Waals surface area contributed by atoms with Gasteiger partial charge in [0.1, 0.15) is 5.69 Å². The smallest absolute Gasteiger partial charge is 0.279 e. The second-order valence-corrected chi connectivity index (χ2v) is 4.83. The second-order valence-electron chi connectivity index (χ2n) is 4.83. The van der Waals surface area contributed by atoms with Crippen molar-refractivity contribution in [3.05, 3.63) is 46.3 Å². The standard InChI is InChI=1S/C14H14N4O3/c19-14(17-8-6-15-7-9-17)13-12-10(4-5-16-13)2-1-3-11(12)18(20)21/h1-5,15H,6-9H2. The van der Waals surface area contributed by atoms with E-state index >= 15 is 0 Å². The summed E-state index contributed by atoms with van der Waals surface area (Å²) in [5.74, 6) is -0.253. The third kappa shape index (κ3) is 2.43. The van der Waals surface area contributed by atoms with Crippen LogP contribution in [0.15, 0.2) is 30.5 Å². The first-order valence-corrected chi connectivity index (χ1v) is 6.70. The van der Waals surface area contributed by atoms with Crippen molar-refractivity contribution in [2.45, 2.75) is 0 Å². The van der Waals surface area contributed by atoms with Gasteiger partial charge in [-0.15, -0.1) is 0 Å². The van der Waals surface area contributed by atoms with Gasteiger partial charge in [0.2, 0.25) is 0 Å². The number of hydrogen-bond donors (Lipinski definition) is 1. The maximum atomic E-state index is 12.6. The van der Waals surface area contributed by atoms with Gasteiger partial charge in [-0.25, -0.2) is 0 Å². The van der Waals surface area contributed by atoms with E-state index in [2.05, 4.69) is 10.3 Å². The Kier molecular flexibility index (Phi) is 3.49. The van der Waals surface area contributed by atoms with Gasteiger partial charge in [-0.3, -0.25) is 19.9 Å². The van der Waals surface area contributed by atoms with Gasteiger partial charge < -0.3 is 10.2 Å². The summed E-state index contributed by atoms with van der Waals surface area (Å²) >= 11 is 0. The minimum Gasteiger partial charge on any atom is -0.335 e. The largest absolute Gasteiger partial charge is 0.335 e. The fourth-order valence-electron chi connectivity index (χ4n) is 2.54. The number of carbonyl (C=O) groups is 1. The summed E-state index contributed by atoms with van der Waals surface area (Å²) in [7, 11) is 0. The fraction of sp³-hybridized carbons (Fsp3) is 0.286. The SMILES string of the molecule is O=C(c1nccc2cccc([N+](=O)[O-])c12)N1CCNCC1. The number of benzene rings is 1. The lowest BCUT2D eigenvalue weighted by atomic mass is 10.1. The molecule has 0 radical (unpaired) electrons. The lowest BCUT2D eigenvalue weighted by Crippen LogP contribution is -2.46. The molecule has 1 amide bonds. The highest BCUT2D eigenvalue weighted by molar-refractivity contribution is 6.08. The predicted octanol–water partition coefficient (Wildman–Crippen LogP) is 1.19. The summed E-state index contributed by atoms with van der Waals surface area (Å²) in [4.78, 5) is 29.1. The van der Waals surface area contributed by atoms with Gasteiger partial charge in [0.05, 0.1) is 10.3 Å². The monoisotopic (exact) mass is 286 g/mol. The number of piperazine rings is 1. The number of carbonyl (C=O) groups excluding carboxylic acids is 1. The Balaban J connectivity index is 2.13. The molecule has 0 unspecified atom stereocenters. The molecule has 21 heavy (non-hydrogen) atoms. The number of nitrogens with one attached hydrogen (secondary N) is 1. The number of nitro benzene ring substituents is 1. The molecule has 2 aromatic rings. The van der Waals surface area contributed by atoms with E-state index in [9.17, 15) is 14.9 Å². The molecule has 3 rings (SSSR count). The molecule has 0 saturated carbocycles. The van der Waals surface area contributed by atoms with Gasteiger partial charge >= 0.3 is 0 Å². The third-order valence-corrected chi connectivity index (χ3v) is 3.57. The van der Waals surface area contributed by atoms with Gasteiger partial charge in [0, 0.05) is 38.4 Å². The molecule has 1 aliphatic heterocycles. The molecule has 0 bridgehead atoms. The van der Waals surface area contributed by atoms with Gasteiger partial charge in [0.25, 0.3) is 11.6 Å². The zero-order valence-corrected chi connectivity index (χ0v) is 11.3. The van der Waals surface area contributed by atoms with Crippen molar-refractivity contribution in [3.63, 3.8) is 0 Å². The summed E-state index contributed by atoms with van der Waals surface area (Å²) in [6, 6.07) is 6.44. The lowest BCUT2D eigenvalue weighted by Gasteiger charge is -2.27. The van der Waals surface area contributed by atoms with E-state index in [1.54, 1.807) is 23.1 Å². The molecular weight excluding hydrogens is 272 g/mol. The van der Waals surface area contributed by atoms with Crippen molar-refractivity contribution >= 4 is 22.4 Å². The van der Waals surface area contributed by atoms with E-state index in [1.807, 2.05) is 0 Å². The molecule has 0 spiro atoms. The van der Waals surface area contributed by atoms with Crippen LogP contribution in [0.25, 0.3) is 10.8 Å². The molecule has 7 heteroatoms. The van der Waals surface area contributed by atoms with Crippen LogP contribution in [0.5, 0.6) is 0 Å². The normalized spacial score (nSPS) is 15.1. The Morgan fingerprint density at radius 1 is 1.29 bits per heavy atom. The lowest BCUT2D eigenvalue weighted by molar-refractivity contribution is -0.383. The second kappa shape index (κ2) is 5.45. The first-order valence-electron chi connectivity index (χ1n) is 6.70. The summed E-state index contributed by atoms with van der Waals surface area (Å²) in [5.41, 5.74) is 0.0702. The van der Waals surface area contributed by atoms with Gasteiger partial charge in [0.15, 0.2) is 0 Å². The van der Waals surface area contributed by atoms with Crippen LogP contribution >= 0.6 is 0 Å². The Labute approximate surface area is 120 Å². The number of nitro groups is 1. The maximum absolute atomic E-state index is 12.6. The molecular formula is C14H14N4O3. The predicted molar refractivity (Wildman–Crippen MR) is 77.2 cm³/mol. The molecule has 1 saturated heterocycles. The number of aromatic nitrogens is 1. The van der Waals surface area contributed by atoms with E-state index in [4.69, 9.17) is 0 Å². The molecule has 0 aliphatic carbocycles. The number of nitrogens with zero attached hydrogens (tertiary/aromatic N) is 3. The van der Waals surface area contributed by atoms with E-state index < -0.39 is 4.92 Å². The Morgan fingerprint density at radius 3 is 2.76 bits per heavy atom. The van der Waals surface area contributed by atoms with E-state index in [0.717, 1.165) is 13.1 Å². The zero-order chi connectivity index (χ0) is 14.8. The topological polar surface area (TPSA) is 88.4 Å². The number of rotatable bonds is 2. The Hall–Kier alpha value is -2.54. The van der Waals surface area contributed by atoms with Crippen LogP contribution in [0.3, 0.4) is 0 Å². The average Bonchev–Trinajstić information content (AvgIpc) is 2.53. The highest BCUT2D eigenvalue weighted by Gasteiger charge is 2.25. The number of amides is 1. The quantitative estimate of drug-likeness (QED) is 0.661. The summed E-state index contributed by atoms with van der Waals surface area (Å²) in [5, 5.41) is 15.3. The molecule has 1 aromatic carbocycles. The van der Waals surface area contributed by atoms with Gasteiger partial charge in [-0.05, 0) is 11.5 Å². The van der Waals surface area contributed by atoms with Crippen molar-refractivity contribution < 1.29 is 9.72 Å². The maximum Gasteiger partial charge on any atom is 0.279 e. The fourth-order valence-corrected chi connectivity index (χ4v) is 2.54. The van der Waals surface area contributed by atoms with Crippen molar-refractivity contribution in [1.82, 2.24) is 15.2 Å². The van der Waals surface area contributed by atoms with Crippen molar-refractivity contribution in [3.8, 4) is 0 Å². The third-order valence-electron chi connectivity index (χ3n) is 3.57. The van der Waals surface area contributed by atoms with Crippen LogP contribution in [-0.2, 0) is 0 Å². The first-order chi connectivity index (χ1) is 10.2. The number of non-ortho nitro benzene ring substituents is 1. The summed E-state index contributed by atoms with van der Waals surface area (Å²) in [6.07, 6.45) is 1.52. The Morgan fingerprint density at radius 2 is 2.05 bits per heavy atom. The number of pyridine rings is 1. The van der Waals surface area contributed by atoms with E-state index in [-0.39, 0.29) is 17.3 Å². The van der Waals surface area contributed by atoms with Crippen LogP contribution in [-0.4, -0.2) is 46.9 Å². The number of fused-ring (bicyclic) bond motifs is 1. The van der Waals surface area contributed by atoms with E-state index in [1.165, 1.54) is 12.3 Å². The van der Waals surface area contributed by atoms with Crippen molar-refractivity contribution in [2.75, 3.05) is 26.2 Å². The molecule has 2 heterocycles. The number of hydrogen-bond acceptors (Lipinski definition) is 5. The molecule has 1 N–H and O–H groups in total. The molecule has 0 atom stereocenters. The molecule has 108 valence electrons. The minimum atomic E-state index is -0.474. The van der Waals surface area contributed by atoms with Gasteiger partial charge in [-0.1, -0.05) is 12.1 Å². The summed E-state index contributed by atoms with van der Waals surface area (Å²) < 4.78 is 0. The highest BCUT2D eigenvalue weighted by Crippen LogP contribution is 2.28. The van der Waals surface area contributed by atoms with Crippen molar-refractivity contribution in [1.29, 1.82) is 0 Å². The molecule has 7 nitrogen and oxygen atoms in total. The van der Waals surface area contributed by atoms with E-state index in [0.29, 0.717) is 23.9 Å². The first kappa shape index (κ1) is 13.4. The van der Waals surface area contributed by atoms with Crippen LogP contribution in [0.4, 0.5) is 5.69 Å². The summed E-state index contributed by atoms with van der Waals surface area (Å²) in [6.45, 7) is 2.60. The van der Waals surface area contributed by atoms with Crippen LogP contribution in [0.2, 0.25) is 0 Å². The molecule has 1 fully saturated rings. The molecule has 1 aliphatic rings. The van der Waals surface area contributed by atoms with Crippen molar-refractivity contribution in [2.24, 2.45) is 0 Å². The molecule has 1 aromatic heterocycles. The van der Waals surface area contributed by atoms with Crippen LogP contribution in [0.1, 0.15) is 10.5 Å². The average molecular weight is 286 g/mol. The minimum absolute atomic E-state index is 0.0842. The Bertz CT molecular complexity index is 705. The van der Waals surface area contributed by atoms with Gasteiger partial charge in [-0.2, -0.15) is 0 Å². The van der Waals surface area contributed by atoms with Crippen LogP contribution in [0, 0.1) is 10.1 Å². The zero-order valence-electron chi connectivity index (χ0n) is 11.3. The highest BCUT2D eigenvalue weighted by atomic mass is 16.6. The van der Waals surface area contributed by atoms with Crippen LogP contribution < -0.4 is 5.32 Å².